The highest BCUT2D eigenvalue weighted by Crippen LogP contribution is 2.15. The number of carbonyl (C=O) groups is 1. The lowest BCUT2D eigenvalue weighted by Gasteiger charge is -2.16. The number of amides is 1. The summed E-state index contributed by atoms with van der Waals surface area (Å²) < 4.78 is 0. The van der Waals surface area contributed by atoms with E-state index in [9.17, 15) is 4.79 Å². The van der Waals surface area contributed by atoms with E-state index in [1.165, 1.54) is 21.6 Å². The van der Waals surface area contributed by atoms with Crippen LogP contribution in [0.5, 0.6) is 0 Å². The Morgan fingerprint density at radius 2 is 1.88 bits per heavy atom. The molecule has 1 fully saturated rings. The SMILES string of the molecule is CN=C(NCc1ccc(CN2CCCC2=O)cc1)NCc1sccc1C. The molecule has 2 heterocycles. The molecule has 138 valence electrons. The first-order chi connectivity index (χ1) is 12.7. The van der Waals surface area contributed by atoms with Crippen LogP contribution in [0, 0.1) is 6.92 Å². The van der Waals surface area contributed by atoms with Crippen LogP contribution in [0.2, 0.25) is 0 Å². The first-order valence-corrected chi connectivity index (χ1v) is 9.87. The highest BCUT2D eigenvalue weighted by atomic mass is 32.1. The van der Waals surface area contributed by atoms with Gasteiger partial charge in [-0.3, -0.25) is 9.79 Å². The smallest absolute Gasteiger partial charge is 0.222 e. The van der Waals surface area contributed by atoms with Gasteiger partial charge < -0.3 is 15.5 Å². The largest absolute Gasteiger partial charge is 0.352 e. The molecule has 5 nitrogen and oxygen atoms in total. The summed E-state index contributed by atoms with van der Waals surface area (Å²) in [6.45, 7) is 5.22. The van der Waals surface area contributed by atoms with Gasteiger partial charge in [-0.2, -0.15) is 0 Å². The zero-order valence-corrected chi connectivity index (χ0v) is 16.2. The fraction of sp³-hybridized carbons (Fsp3) is 0.400. The summed E-state index contributed by atoms with van der Waals surface area (Å²) in [6, 6.07) is 10.6. The van der Waals surface area contributed by atoms with Gasteiger partial charge in [0.2, 0.25) is 5.91 Å². The Labute approximate surface area is 159 Å². The molecule has 3 rings (SSSR count). The van der Waals surface area contributed by atoms with Crippen molar-refractivity contribution in [3.8, 4) is 0 Å². The van der Waals surface area contributed by atoms with Crippen molar-refractivity contribution < 1.29 is 4.79 Å². The average Bonchev–Trinajstić information content (AvgIpc) is 3.25. The predicted octanol–water partition coefficient (Wildman–Crippen LogP) is 3.04. The maximum atomic E-state index is 11.7. The van der Waals surface area contributed by atoms with Crippen LogP contribution in [0.15, 0.2) is 40.7 Å². The van der Waals surface area contributed by atoms with E-state index in [4.69, 9.17) is 0 Å². The summed E-state index contributed by atoms with van der Waals surface area (Å²) in [5.74, 6) is 1.07. The second-order valence-electron chi connectivity index (χ2n) is 6.54. The van der Waals surface area contributed by atoms with Gasteiger partial charge in [-0.25, -0.2) is 0 Å². The summed E-state index contributed by atoms with van der Waals surface area (Å²) in [7, 11) is 1.78. The van der Waals surface area contributed by atoms with Gasteiger partial charge in [0.1, 0.15) is 0 Å². The number of rotatable bonds is 6. The molecule has 2 aromatic rings. The predicted molar refractivity (Wildman–Crippen MR) is 107 cm³/mol. The Bertz CT molecular complexity index is 766. The van der Waals surface area contributed by atoms with Crippen LogP contribution < -0.4 is 10.6 Å². The number of aryl methyl sites for hydroxylation is 1. The molecule has 6 heteroatoms. The molecule has 0 saturated carbocycles. The minimum absolute atomic E-state index is 0.270. The summed E-state index contributed by atoms with van der Waals surface area (Å²) in [5, 5.41) is 8.81. The molecule has 1 aromatic heterocycles. The zero-order chi connectivity index (χ0) is 18.4. The van der Waals surface area contributed by atoms with Crippen LogP contribution in [0.4, 0.5) is 0 Å². The number of likely N-dealkylation sites (tertiary alicyclic amines) is 1. The number of benzene rings is 1. The number of nitrogens with zero attached hydrogens (tertiary/aromatic N) is 2. The fourth-order valence-electron chi connectivity index (χ4n) is 3.01. The van der Waals surface area contributed by atoms with Crippen LogP contribution in [0.1, 0.15) is 34.4 Å². The molecule has 1 aromatic carbocycles. The van der Waals surface area contributed by atoms with Crippen LogP contribution in [-0.2, 0) is 24.4 Å². The third-order valence-electron chi connectivity index (χ3n) is 4.64. The third-order valence-corrected chi connectivity index (χ3v) is 5.66. The third kappa shape index (κ3) is 4.85. The highest BCUT2D eigenvalue weighted by Gasteiger charge is 2.19. The van der Waals surface area contributed by atoms with E-state index in [1.54, 1.807) is 18.4 Å². The minimum atomic E-state index is 0.270. The van der Waals surface area contributed by atoms with Crippen LogP contribution in [0.25, 0.3) is 0 Å². The standard InChI is InChI=1S/C20H26N4OS/c1-15-9-11-26-18(15)13-23-20(21-2)22-12-16-5-7-17(8-6-16)14-24-10-3-4-19(24)25/h5-9,11H,3-4,10,12-14H2,1-2H3,(H2,21,22,23). The van der Waals surface area contributed by atoms with Gasteiger partial charge in [0.05, 0.1) is 6.54 Å². The van der Waals surface area contributed by atoms with E-state index in [2.05, 4.69) is 58.3 Å². The molecule has 26 heavy (non-hydrogen) atoms. The van der Waals surface area contributed by atoms with E-state index in [-0.39, 0.29) is 5.91 Å². The minimum Gasteiger partial charge on any atom is -0.352 e. The summed E-state index contributed by atoms with van der Waals surface area (Å²) in [6.07, 6.45) is 1.68. The van der Waals surface area contributed by atoms with Crippen molar-refractivity contribution in [2.24, 2.45) is 4.99 Å². The van der Waals surface area contributed by atoms with Crippen LogP contribution in [-0.4, -0.2) is 30.4 Å². The topological polar surface area (TPSA) is 56.7 Å². The molecule has 1 aliphatic heterocycles. The van der Waals surface area contributed by atoms with E-state index >= 15 is 0 Å². The number of nitrogens with one attached hydrogen (secondary N) is 2. The highest BCUT2D eigenvalue weighted by molar-refractivity contribution is 7.10. The van der Waals surface area contributed by atoms with E-state index in [0.29, 0.717) is 13.0 Å². The lowest BCUT2D eigenvalue weighted by Crippen LogP contribution is -2.36. The van der Waals surface area contributed by atoms with Crippen molar-refractivity contribution in [3.05, 3.63) is 57.3 Å². The van der Waals surface area contributed by atoms with Crippen molar-refractivity contribution in [2.75, 3.05) is 13.6 Å². The first-order valence-electron chi connectivity index (χ1n) is 8.99. The number of guanidine groups is 1. The number of carbonyl (C=O) groups excluding carboxylic acids is 1. The molecule has 1 aliphatic rings. The second kappa shape index (κ2) is 8.85. The lowest BCUT2D eigenvalue weighted by atomic mass is 10.1. The maximum absolute atomic E-state index is 11.7. The quantitative estimate of drug-likeness (QED) is 0.607. The Morgan fingerprint density at radius 1 is 1.15 bits per heavy atom. The summed E-state index contributed by atoms with van der Waals surface area (Å²) in [5.41, 5.74) is 3.68. The average molecular weight is 371 g/mol. The summed E-state index contributed by atoms with van der Waals surface area (Å²) in [4.78, 5) is 19.3. The first kappa shape index (κ1) is 18.5. The maximum Gasteiger partial charge on any atom is 0.222 e. The zero-order valence-electron chi connectivity index (χ0n) is 15.4. The van der Waals surface area contributed by atoms with Gasteiger partial charge in [0, 0.05) is 38.0 Å². The van der Waals surface area contributed by atoms with Gasteiger partial charge in [-0.05, 0) is 41.5 Å². The molecule has 0 spiro atoms. The van der Waals surface area contributed by atoms with E-state index < -0.39 is 0 Å². The van der Waals surface area contributed by atoms with E-state index in [1.807, 2.05) is 4.90 Å². The molecule has 1 amide bonds. The van der Waals surface area contributed by atoms with Gasteiger partial charge in [-0.15, -0.1) is 11.3 Å². The molecular formula is C20H26N4OS. The van der Waals surface area contributed by atoms with Crippen molar-refractivity contribution >= 4 is 23.2 Å². The number of hydrogen-bond donors (Lipinski definition) is 2. The molecule has 0 atom stereocenters. The van der Waals surface area contributed by atoms with Crippen molar-refractivity contribution in [3.63, 3.8) is 0 Å². The molecule has 1 saturated heterocycles. The van der Waals surface area contributed by atoms with Gasteiger partial charge in [0.15, 0.2) is 5.96 Å². The number of thiophene rings is 1. The Morgan fingerprint density at radius 3 is 2.50 bits per heavy atom. The fourth-order valence-corrected chi connectivity index (χ4v) is 3.86. The Hall–Kier alpha value is -2.34. The van der Waals surface area contributed by atoms with Gasteiger partial charge in [0.25, 0.3) is 0 Å². The lowest BCUT2D eigenvalue weighted by molar-refractivity contribution is -0.128. The van der Waals surface area contributed by atoms with E-state index in [0.717, 1.165) is 32.0 Å². The molecular weight excluding hydrogens is 344 g/mol. The van der Waals surface area contributed by atoms with Crippen molar-refractivity contribution in [1.29, 1.82) is 0 Å². The molecule has 0 radical (unpaired) electrons. The molecule has 0 unspecified atom stereocenters. The van der Waals surface area contributed by atoms with Gasteiger partial charge in [-0.1, -0.05) is 24.3 Å². The summed E-state index contributed by atoms with van der Waals surface area (Å²) >= 11 is 1.76. The normalized spacial score (nSPS) is 14.8. The Balaban J connectivity index is 1.47. The van der Waals surface area contributed by atoms with Crippen LogP contribution >= 0.6 is 11.3 Å². The molecule has 0 aliphatic carbocycles. The van der Waals surface area contributed by atoms with Crippen molar-refractivity contribution in [2.45, 2.75) is 39.4 Å². The molecule has 2 N–H and O–H groups in total. The molecule has 0 bridgehead atoms. The second-order valence-corrected chi connectivity index (χ2v) is 7.54. The number of aliphatic imine (C=N–C) groups is 1. The van der Waals surface area contributed by atoms with Gasteiger partial charge >= 0.3 is 0 Å². The Kier molecular flexibility index (Phi) is 6.28. The van der Waals surface area contributed by atoms with Crippen LogP contribution in [0.3, 0.4) is 0 Å². The monoisotopic (exact) mass is 370 g/mol. The van der Waals surface area contributed by atoms with Crippen molar-refractivity contribution in [1.82, 2.24) is 15.5 Å². The number of hydrogen-bond acceptors (Lipinski definition) is 3.